The van der Waals surface area contributed by atoms with Crippen LogP contribution in [0.15, 0.2) is 29.4 Å². The van der Waals surface area contributed by atoms with Crippen LogP contribution in [0.1, 0.15) is 33.1 Å². The lowest BCUT2D eigenvalue weighted by Crippen LogP contribution is -2.24. The summed E-state index contributed by atoms with van der Waals surface area (Å²) in [6.45, 7) is 2.78. The molecule has 7 nitrogen and oxygen atoms in total. The van der Waals surface area contributed by atoms with Crippen LogP contribution in [0, 0.1) is 6.92 Å². The van der Waals surface area contributed by atoms with E-state index in [0.717, 1.165) is 29.5 Å². The maximum Gasteiger partial charge on any atom is 0.270 e. The summed E-state index contributed by atoms with van der Waals surface area (Å²) in [7, 11) is 0. The number of nitrogens with zero attached hydrogens (tertiary/aromatic N) is 3. The lowest BCUT2D eigenvalue weighted by molar-refractivity contribution is 0.0945. The average molecular weight is 312 g/mol. The van der Waals surface area contributed by atoms with Gasteiger partial charge >= 0.3 is 0 Å². The van der Waals surface area contributed by atoms with E-state index in [9.17, 15) is 4.79 Å². The first kappa shape index (κ1) is 15.0. The highest BCUT2D eigenvalue weighted by Gasteiger charge is 2.13. The van der Waals surface area contributed by atoms with E-state index in [-0.39, 0.29) is 11.6 Å². The predicted octanol–water partition coefficient (Wildman–Crippen LogP) is 1.46. The number of aromatic nitrogens is 2. The zero-order chi connectivity index (χ0) is 16.2. The van der Waals surface area contributed by atoms with Gasteiger partial charge in [0.05, 0.1) is 18.5 Å². The van der Waals surface area contributed by atoms with E-state index < -0.39 is 0 Å². The quantitative estimate of drug-likeness (QED) is 0.506. The van der Waals surface area contributed by atoms with Gasteiger partial charge in [-0.3, -0.25) is 4.79 Å². The van der Waals surface area contributed by atoms with Gasteiger partial charge in [0.1, 0.15) is 17.3 Å². The van der Waals surface area contributed by atoms with Crippen molar-refractivity contribution in [2.75, 3.05) is 6.61 Å². The van der Waals surface area contributed by atoms with Crippen LogP contribution >= 0.6 is 0 Å². The summed E-state index contributed by atoms with van der Waals surface area (Å²) >= 11 is 0. The Morgan fingerprint density at radius 3 is 3.13 bits per heavy atom. The van der Waals surface area contributed by atoms with Crippen LogP contribution in [0.3, 0.4) is 0 Å². The monoisotopic (exact) mass is 312 g/mol. The van der Waals surface area contributed by atoms with Crippen molar-refractivity contribution in [3.05, 3.63) is 52.6 Å². The van der Waals surface area contributed by atoms with Crippen LogP contribution in [0.5, 0.6) is 5.75 Å². The van der Waals surface area contributed by atoms with E-state index in [0.29, 0.717) is 24.7 Å². The molecule has 23 heavy (non-hydrogen) atoms. The fourth-order valence-corrected chi connectivity index (χ4v) is 2.46. The molecule has 0 bridgehead atoms. The van der Waals surface area contributed by atoms with Gasteiger partial charge in [-0.2, -0.15) is 0 Å². The molecular formula is C16H16N4O3. The molecule has 1 aliphatic heterocycles. The van der Waals surface area contributed by atoms with Gasteiger partial charge in [0.15, 0.2) is 0 Å². The molecule has 0 radical (unpaired) electrons. The number of ether oxygens (including phenoxy) is 1. The molecule has 7 heteroatoms. The molecule has 2 N–H and O–H groups in total. The summed E-state index contributed by atoms with van der Waals surface area (Å²) < 4.78 is 5.46. The van der Waals surface area contributed by atoms with Gasteiger partial charge in [-0.25, -0.2) is 9.97 Å². The van der Waals surface area contributed by atoms with Gasteiger partial charge in [-0.1, -0.05) is 17.3 Å². The Kier molecular flexibility index (Phi) is 4.18. The zero-order valence-electron chi connectivity index (χ0n) is 12.6. The molecule has 1 amide bonds. The summed E-state index contributed by atoms with van der Waals surface area (Å²) in [6.07, 6.45) is 2.05. The molecule has 2 aromatic rings. The number of fused-ring (bicyclic) bond motifs is 1. The van der Waals surface area contributed by atoms with Gasteiger partial charge in [0.25, 0.3) is 5.91 Å². The topological polar surface area (TPSA) is 96.7 Å². The Morgan fingerprint density at radius 2 is 2.30 bits per heavy atom. The maximum absolute atomic E-state index is 12.2. The largest absolute Gasteiger partial charge is 0.493 e. The summed E-state index contributed by atoms with van der Waals surface area (Å²) in [6, 6.07) is 7.37. The molecule has 0 atom stereocenters. The van der Waals surface area contributed by atoms with E-state index in [1.54, 1.807) is 6.92 Å². The number of rotatable bonds is 4. The summed E-state index contributed by atoms with van der Waals surface area (Å²) in [5, 5.41) is 14.3. The zero-order valence-corrected chi connectivity index (χ0v) is 12.6. The minimum absolute atomic E-state index is 0.233. The molecular weight excluding hydrogens is 296 g/mol. The maximum atomic E-state index is 12.2. The molecule has 1 aromatic carbocycles. The Balaban J connectivity index is 1.70. The molecule has 0 aliphatic carbocycles. The first-order valence-corrected chi connectivity index (χ1v) is 7.21. The number of benzene rings is 1. The van der Waals surface area contributed by atoms with Crippen molar-refractivity contribution in [3.63, 3.8) is 0 Å². The second-order valence-electron chi connectivity index (χ2n) is 5.19. The fraction of sp³-hybridized carbons (Fsp3) is 0.250. The molecule has 0 saturated carbocycles. The van der Waals surface area contributed by atoms with Gasteiger partial charge in [-0.05, 0) is 30.2 Å². The molecule has 0 saturated heterocycles. The van der Waals surface area contributed by atoms with E-state index in [1.807, 2.05) is 18.2 Å². The SMILES string of the molecule is Cc1nc(/C=N/O)cc(C(=O)NCc2ccc3c(c2)CCO3)n1. The number of hydrogen-bond acceptors (Lipinski definition) is 6. The highest BCUT2D eigenvalue weighted by Crippen LogP contribution is 2.25. The van der Waals surface area contributed by atoms with Crippen molar-refractivity contribution in [3.8, 4) is 5.75 Å². The van der Waals surface area contributed by atoms with Gasteiger partial charge in [-0.15, -0.1) is 0 Å². The lowest BCUT2D eigenvalue weighted by Gasteiger charge is -2.07. The lowest BCUT2D eigenvalue weighted by atomic mass is 10.1. The van der Waals surface area contributed by atoms with Crippen LogP contribution in [0.4, 0.5) is 0 Å². The van der Waals surface area contributed by atoms with Crippen molar-refractivity contribution in [2.24, 2.45) is 5.16 Å². The molecule has 3 rings (SSSR count). The number of aryl methyl sites for hydroxylation is 1. The second-order valence-corrected chi connectivity index (χ2v) is 5.19. The van der Waals surface area contributed by atoms with Crippen LogP contribution in [-0.4, -0.2) is 33.9 Å². The molecule has 1 aliphatic rings. The van der Waals surface area contributed by atoms with Crippen LogP contribution in [0.25, 0.3) is 0 Å². The smallest absolute Gasteiger partial charge is 0.270 e. The third kappa shape index (κ3) is 3.45. The van der Waals surface area contributed by atoms with E-state index in [2.05, 4.69) is 20.4 Å². The first-order valence-electron chi connectivity index (χ1n) is 7.21. The third-order valence-electron chi connectivity index (χ3n) is 3.49. The Labute approximate surface area is 133 Å². The molecule has 2 heterocycles. The minimum atomic E-state index is -0.306. The van der Waals surface area contributed by atoms with E-state index >= 15 is 0 Å². The standard InChI is InChI=1S/C16H16N4O3/c1-10-19-13(9-18-22)7-14(20-10)16(21)17-8-11-2-3-15-12(6-11)4-5-23-15/h2-3,6-7,9,22H,4-5,8H2,1H3,(H,17,21)/b18-9+. The van der Waals surface area contributed by atoms with Crippen LogP contribution in [-0.2, 0) is 13.0 Å². The Hall–Kier alpha value is -2.96. The molecule has 118 valence electrons. The van der Waals surface area contributed by atoms with E-state index in [4.69, 9.17) is 9.94 Å². The van der Waals surface area contributed by atoms with Gasteiger partial charge < -0.3 is 15.3 Å². The van der Waals surface area contributed by atoms with Crippen molar-refractivity contribution in [2.45, 2.75) is 19.9 Å². The van der Waals surface area contributed by atoms with Gasteiger partial charge in [0, 0.05) is 13.0 Å². The summed E-state index contributed by atoms with van der Waals surface area (Å²) in [4.78, 5) is 20.4. The third-order valence-corrected chi connectivity index (χ3v) is 3.49. The summed E-state index contributed by atoms with van der Waals surface area (Å²) in [5.74, 6) is 1.04. The Morgan fingerprint density at radius 1 is 1.43 bits per heavy atom. The molecule has 0 fully saturated rings. The molecule has 0 unspecified atom stereocenters. The number of oxime groups is 1. The van der Waals surface area contributed by atoms with Crippen molar-refractivity contribution in [1.82, 2.24) is 15.3 Å². The van der Waals surface area contributed by atoms with Crippen molar-refractivity contribution < 1.29 is 14.7 Å². The highest BCUT2D eigenvalue weighted by molar-refractivity contribution is 5.93. The fourth-order valence-electron chi connectivity index (χ4n) is 2.46. The van der Waals surface area contributed by atoms with E-state index in [1.165, 1.54) is 6.07 Å². The summed E-state index contributed by atoms with van der Waals surface area (Å²) in [5.41, 5.74) is 2.78. The number of amides is 1. The predicted molar refractivity (Wildman–Crippen MR) is 83.0 cm³/mol. The normalized spacial score (nSPS) is 12.9. The second kappa shape index (κ2) is 6.43. The first-order chi connectivity index (χ1) is 11.2. The molecule has 0 spiro atoms. The van der Waals surface area contributed by atoms with Crippen LogP contribution < -0.4 is 10.1 Å². The number of nitrogens with one attached hydrogen (secondary N) is 1. The Bertz CT molecular complexity index is 774. The van der Waals surface area contributed by atoms with Crippen LogP contribution in [0.2, 0.25) is 0 Å². The van der Waals surface area contributed by atoms with Crippen molar-refractivity contribution in [1.29, 1.82) is 0 Å². The van der Waals surface area contributed by atoms with Crippen molar-refractivity contribution >= 4 is 12.1 Å². The number of hydrogen-bond donors (Lipinski definition) is 2. The number of carbonyl (C=O) groups is 1. The highest BCUT2D eigenvalue weighted by atomic mass is 16.5. The van der Waals surface area contributed by atoms with Gasteiger partial charge in [0.2, 0.25) is 0 Å². The number of carbonyl (C=O) groups excluding carboxylic acids is 1. The minimum Gasteiger partial charge on any atom is -0.493 e. The molecule has 1 aromatic heterocycles. The average Bonchev–Trinajstić information content (AvgIpc) is 3.00.